The third kappa shape index (κ3) is 10.5. The highest BCUT2D eigenvalue weighted by molar-refractivity contribution is 8.11. The van der Waals surface area contributed by atoms with Crippen molar-refractivity contribution in [2.75, 3.05) is 18.9 Å². The molecule has 2 unspecified atom stereocenters. The lowest BCUT2D eigenvalue weighted by atomic mass is 9.91. The number of nitrogens with one attached hydrogen (secondary N) is 2. The zero-order valence-electron chi connectivity index (χ0n) is 15.8. The summed E-state index contributed by atoms with van der Waals surface area (Å²) in [7, 11) is 0. The van der Waals surface area contributed by atoms with E-state index in [0.29, 0.717) is 18.3 Å². The van der Waals surface area contributed by atoms with E-state index in [2.05, 4.69) is 35.1 Å². The Morgan fingerprint density at radius 3 is 3.08 bits per heavy atom. The molecule has 3 atom stereocenters. The van der Waals surface area contributed by atoms with Crippen LogP contribution in [-0.2, 0) is 4.74 Å². The van der Waals surface area contributed by atoms with Gasteiger partial charge in [0.15, 0.2) is 0 Å². The van der Waals surface area contributed by atoms with Crippen LogP contribution in [0.4, 0.5) is 0 Å². The van der Waals surface area contributed by atoms with Crippen molar-refractivity contribution in [2.45, 2.75) is 58.2 Å². The molecule has 0 saturated heterocycles. The van der Waals surface area contributed by atoms with Crippen LogP contribution in [0.2, 0.25) is 0 Å². The van der Waals surface area contributed by atoms with E-state index in [-0.39, 0.29) is 12.1 Å². The number of thioether (sulfide) groups is 1. The van der Waals surface area contributed by atoms with Crippen molar-refractivity contribution in [3.05, 3.63) is 11.6 Å². The largest absolute Gasteiger partial charge is 0.465 e. The van der Waals surface area contributed by atoms with E-state index in [1.165, 1.54) is 22.9 Å². The number of aliphatic imine (C=N–C) groups is 1. The zero-order valence-corrected chi connectivity index (χ0v) is 16.6. The Hall–Kier alpha value is -1.49. The minimum atomic E-state index is -0.509. The third-order valence-corrected chi connectivity index (χ3v) is 4.75. The standard InChI is InChI=1S/C19H32N4O2S/c1-15(9-10-22-16(2)24)18(13-17-7-5-3-4-6-8-17)23-19(21)25-11-12-26-14-20/h7,14-16,18,20,22,24H,5-6,8-13H2,1-2H3,(H2,21,23)/t15-,16?,18?/m0/s1. The van der Waals surface area contributed by atoms with Gasteiger partial charge in [-0.25, -0.2) is 4.99 Å². The van der Waals surface area contributed by atoms with Gasteiger partial charge in [0.25, 0.3) is 6.02 Å². The quantitative estimate of drug-likeness (QED) is 0.104. The molecule has 0 radical (unpaired) electrons. The zero-order chi connectivity index (χ0) is 19.2. The number of amidine groups is 1. The van der Waals surface area contributed by atoms with E-state index in [1.807, 2.05) is 0 Å². The summed E-state index contributed by atoms with van der Waals surface area (Å²) in [5.41, 5.74) is 8.62. The van der Waals surface area contributed by atoms with E-state index in [9.17, 15) is 5.11 Å². The molecule has 0 aromatic rings. The SMILES string of the molecule is CC(O)NCC[C@H](C)C(CC1=CCC#CCC1)N=C(N)OCCSC=N. The van der Waals surface area contributed by atoms with Gasteiger partial charge in [-0.15, -0.1) is 17.7 Å². The van der Waals surface area contributed by atoms with Gasteiger partial charge in [-0.05, 0) is 38.6 Å². The number of nitrogens with zero attached hydrogens (tertiary/aromatic N) is 1. The molecular formula is C19H32N4O2S. The summed E-state index contributed by atoms with van der Waals surface area (Å²) >= 11 is 1.37. The maximum absolute atomic E-state index is 9.36. The van der Waals surface area contributed by atoms with Crippen LogP contribution in [0.5, 0.6) is 0 Å². The molecule has 26 heavy (non-hydrogen) atoms. The van der Waals surface area contributed by atoms with Crippen molar-refractivity contribution in [3.63, 3.8) is 0 Å². The van der Waals surface area contributed by atoms with Crippen LogP contribution < -0.4 is 11.1 Å². The average molecular weight is 381 g/mol. The van der Waals surface area contributed by atoms with Gasteiger partial charge >= 0.3 is 0 Å². The topological polar surface area (TPSA) is 104 Å². The summed E-state index contributed by atoms with van der Waals surface area (Å²) in [4.78, 5) is 4.63. The van der Waals surface area contributed by atoms with Crippen LogP contribution in [0.15, 0.2) is 16.6 Å². The number of hydrogen-bond acceptors (Lipinski definition) is 6. The first-order chi connectivity index (χ1) is 12.5. The summed E-state index contributed by atoms with van der Waals surface area (Å²) in [5, 5.41) is 19.4. The number of rotatable bonds is 12. The number of ether oxygens (including phenoxy) is 1. The lowest BCUT2D eigenvalue weighted by Gasteiger charge is -2.23. The summed E-state index contributed by atoms with van der Waals surface area (Å²) in [6.45, 7) is 5.04. The molecule has 7 heteroatoms. The smallest absolute Gasteiger partial charge is 0.282 e. The Labute approximate surface area is 161 Å². The Morgan fingerprint density at radius 2 is 2.35 bits per heavy atom. The summed E-state index contributed by atoms with van der Waals surface area (Å²) in [6, 6.07) is 0.243. The summed E-state index contributed by atoms with van der Waals surface area (Å²) in [6.07, 6.45) is 6.11. The molecule has 0 aromatic carbocycles. The van der Waals surface area contributed by atoms with Gasteiger partial charge in [-0.1, -0.05) is 24.5 Å². The molecule has 0 heterocycles. The highest BCUT2D eigenvalue weighted by Gasteiger charge is 2.19. The van der Waals surface area contributed by atoms with Crippen molar-refractivity contribution in [1.29, 1.82) is 5.41 Å². The van der Waals surface area contributed by atoms with Crippen molar-refractivity contribution in [2.24, 2.45) is 16.6 Å². The van der Waals surface area contributed by atoms with Gasteiger partial charge in [0.1, 0.15) is 12.8 Å². The number of aliphatic hydroxyl groups is 1. The first-order valence-electron chi connectivity index (χ1n) is 9.14. The first kappa shape index (κ1) is 22.6. The van der Waals surface area contributed by atoms with E-state index in [4.69, 9.17) is 15.9 Å². The second-order valence-electron chi connectivity index (χ2n) is 6.39. The first-order valence-corrected chi connectivity index (χ1v) is 10.2. The van der Waals surface area contributed by atoms with E-state index >= 15 is 0 Å². The lowest BCUT2D eigenvalue weighted by molar-refractivity contribution is 0.153. The van der Waals surface area contributed by atoms with Gasteiger partial charge in [-0.3, -0.25) is 5.32 Å². The van der Waals surface area contributed by atoms with Crippen LogP contribution in [0.25, 0.3) is 0 Å². The van der Waals surface area contributed by atoms with E-state index in [0.717, 1.165) is 38.6 Å². The van der Waals surface area contributed by atoms with Crippen molar-refractivity contribution >= 4 is 23.3 Å². The van der Waals surface area contributed by atoms with Gasteiger partial charge in [-0.2, -0.15) is 0 Å². The Kier molecular flexibility index (Phi) is 11.9. The molecule has 5 N–H and O–H groups in total. The van der Waals surface area contributed by atoms with Gasteiger partial charge in [0, 0.05) is 18.6 Å². The molecule has 0 fully saturated rings. The Morgan fingerprint density at radius 1 is 1.54 bits per heavy atom. The predicted molar refractivity (Wildman–Crippen MR) is 110 cm³/mol. The van der Waals surface area contributed by atoms with E-state index in [1.54, 1.807) is 6.92 Å². The van der Waals surface area contributed by atoms with Gasteiger partial charge in [0.2, 0.25) is 0 Å². The van der Waals surface area contributed by atoms with Crippen LogP contribution in [-0.4, -0.2) is 47.8 Å². The van der Waals surface area contributed by atoms with E-state index < -0.39 is 6.23 Å². The molecule has 0 amide bonds. The van der Waals surface area contributed by atoms with Gasteiger partial charge < -0.3 is 21.0 Å². The van der Waals surface area contributed by atoms with Crippen molar-refractivity contribution in [1.82, 2.24) is 5.32 Å². The van der Waals surface area contributed by atoms with Crippen molar-refractivity contribution < 1.29 is 9.84 Å². The monoisotopic (exact) mass is 380 g/mol. The number of aliphatic hydroxyl groups excluding tert-OH is 1. The number of allylic oxidation sites excluding steroid dienone is 1. The minimum Gasteiger partial charge on any atom is -0.465 e. The summed E-state index contributed by atoms with van der Waals surface area (Å²) in [5.74, 6) is 7.28. The normalized spacial score (nSPS) is 18.0. The highest BCUT2D eigenvalue weighted by Crippen LogP contribution is 2.23. The molecule has 0 saturated carbocycles. The lowest BCUT2D eigenvalue weighted by Crippen LogP contribution is -2.30. The predicted octanol–water partition coefficient (Wildman–Crippen LogP) is 2.48. The number of nitrogens with two attached hydrogens (primary N) is 1. The highest BCUT2D eigenvalue weighted by atomic mass is 32.2. The molecule has 0 bridgehead atoms. The molecule has 146 valence electrons. The van der Waals surface area contributed by atoms with Crippen LogP contribution >= 0.6 is 11.8 Å². The second kappa shape index (κ2) is 13.7. The molecule has 0 spiro atoms. The van der Waals surface area contributed by atoms with Gasteiger partial charge in [0.05, 0.1) is 11.6 Å². The molecule has 6 nitrogen and oxygen atoms in total. The average Bonchev–Trinajstić information content (AvgIpc) is 2.86. The van der Waals surface area contributed by atoms with Crippen LogP contribution in [0.3, 0.4) is 0 Å². The minimum absolute atomic E-state index is 0.0329. The molecule has 1 rings (SSSR count). The second-order valence-corrected chi connectivity index (χ2v) is 7.37. The molecule has 1 aliphatic rings. The fraction of sp³-hybridized carbons (Fsp3) is 0.684. The Bertz CT molecular complexity index is 537. The molecule has 1 aliphatic carbocycles. The maximum atomic E-state index is 9.36. The van der Waals surface area contributed by atoms with Crippen LogP contribution in [0, 0.1) is 23.2 Å². The summed E-state index contributed by atoms with van der Waals surface area (Å²) < 4.78 is 5.49. The van der Waals surface area contributed by atoms with Crippen molar-refractivity contribution in [3.8, 4) is 11.8 Å². The fourth-order valence-electron chi connectivity index (χ4n) is 2.68. The maximum Gasteiger partial charge on any atom is 0.282 e. The molecule has 0 aliphatic heterocycles. The Balaban J connectivity index is 2.66. The third-order valence-electron chi connectivity index (χ3n) is 4.18. The van der Waals surface area contributed by atoms with Crippen LogP contribution in [0.1, 0.15) is 46.0 Å². The number of hydrogen-bond donors (Lipinski definition) is 4. The molecular weight excluding hydrogens is 348 g/mol. The fourth-order valence-corrected chi connectivity index (χ4v) is 2.97. The molecule has 0 aromatic heterocycles.